The topological polar surface area (TPSA) is 69.9 Å². The molecule has 34 heavy (non-hydrogen) atoms. The van der Waals surface area contributed by atoms with Gasteiger partial charge in [0.05, 0.1) is 16.9 Å². The summed E-state index contributed by atoms with van der Waals surface area (Å²) < 4.78 is 20.5. The molecule has 2 aromatic heterocycles. The first kappa shape index (κ1) is 23.3. The molecule has 0 aliphatic carbocycles. The van der Waals surface area contributed by atoms with Crippen molar-refractivity contribution in [2.75, 3.05) is 0 Å². The molecule has 0 amide bonds. The maximum Gasteiger partial charge on any atom is 0.264 e. The number of rotatable bonds is 6. The van der Waals surface area contributed by atoms with Crippen LogP contribution in [0.1, 0.15) is 48.1 Å². The van der Waals surface area contributed by atoms with Crippen LogP contribution in [-0.2, 0) is 6.61 Å². The van der Waals surface area contributed by atoms with E-state index in [0.717, 1.165) is 28.2 Å². The van der Waals surface area contributed by atoms with Crippen LogP contribution in [-0.4, -0.2) is 19.5 Å². The van der Waals surface area contributed by atoms with Crippen LogP contribution in [0.5, 0.6) is 5.88 Å². The summed E-state index contributed by atoms with van der Waals surface area (Å²) in [6, 6.07) is 13.7. The smallest absolute Gasteiger partial charge is 0.264 e. The van der Waals surface area contributed by atoms with Crippen molar-refractivity contribution in [3.8, 4) is 22.8 Å². The zero-order chi connectivity index (χ0) is 24.4. The van der Waals surface area contributed by atoms with Crippen LogP contribution in [0.15, 0.2) is 59.5 Å². The van der Waals surface area contributed by atoms with Crippen molar-refractivity contribution < 1.29 is 9.13 Å². The lowest BCUT2D eigenvalue weighted by Crippen LogP contribution is -2.25. The Labute approximate surface area is 198 Å². The van der Waals surface area contributed by atoms with Crippen molar-refractivity contribution in [3.05, 3.63) is 99.2 Å². The highest BCUT2D eigenvalue weighted by Crippen LogP contribution is 2.25. The number of aryl methyl sites for hydroxylation is 2. The molecule has 174 valence electrons. The maximum atomic E-state index is 13.3. The predicted octanol–water partition coefficient (Wildman–Crippen LogP) is 5.46. The lowest BCUT2D eigenvalue weighted by atomic mass is 10.1. The predicted molar refractivity (Wildman–Crippen MR) is 130 cm³/mol. The number of nitrogens with zero attached hydrogens (tertiary/aromatic N) is 4. The van der Waals surface area contributed by atoms with Crippen molar-refractivity contribution in [2.24, 2.45) is 0 Å². The van der Waals surface area contributed by atoms with E-state index in [1.807, 2.05) is 37.4 Å². The van der Waals surface area contributed by atoms with Crippen LogP contribution in [0.25, 0.3) is 16.9 Å². The zero-order valence-corrected chi connectivity index (χ0v) is 20.0. The second-order valence-corrected chi connectivity index (χ2v) is 8.61. The normalized spacial score (nSPS) is 11.1. The first-order chi connectivity index (χ1) is 16.2. The van der Waals surface area contributed by atoms with E-state index in [2.05, 4.69) is 23.8 Å². The summed E-state index contributed by atoms with van der Waals surface area (Å²) in [7, 11) is 0. The van der Waals surface area contributed by atoms with Gasteiger partial charge in [0.1, 0.15) is 24.1 Å². The summed E-state index contributed by atoms with van der Waals surface area (Å²) in [4.78, 5) is 27.0. The van der Waals surface area contributed by atoms with Gasteiger partial charge in [-0.1, -0.05) is 38.1 Å². The zero-order valence-electron chi connectivity index (χ0n) is 20.0. The summed E-state index contributed by atoms with van der Waals surface area (Å²) in [5, 5.41) is 0. The second-order valence-electron chi connectivity index (χ2n) is 8.61. The molecule has 0 N–H and O–H groups in total. The molecule has 0 saturated heterocycles. The molecule has 0 fully saturated rings. The Morgan fingerprint density at radius 1 is 1.03 bits per heavy atom. The van der Waals surface area contributed by atoms with Crippen molar-refractivity contribution >= 4 is 0 Å². The standard InChI is InChI=1S/C27H27FN4O2/c1-16(2)25-29-14-17(3)24(31-25)21-7-6-8-23(13-21)32-19(5)30-26(18(4)27(32)33)34-15-20-9-11-22(28)12-10-20/h6-14,16H,15H2,1-5H3. The van der Waals surface area contributed by atoms with E-state index in [4.69, 9.17) is 9.72 Å². The van der Waals surface area contributed by atoms with Gasteiger partial charge in [0.25, 0.3) is 5.56 Å². The Morgan fingerprint density at radius 3 is 2.47 bits per heavy atom. The van der Waals surface area contributed by atoms with E-state index in [1.165, 1.54) is 12.1 Å². The fraction of sp³-hybridized carbons (Fsp3) is 0.259. The van der Waals surface area contributed by atoms with Gasteiger partial charge in [-0.3, -0.25) is 9.36 Å². The molecule has 0 aliphatic rings. The quantitative estimate of drug-likeness (QED) is 0.384. The first-order valence-electron chi connectivity index (χ1n) is 11.2. The van der Waals surface area contributed by atoms with Crippen LogP contribution < -0.4 is 10.3 Å². The average molecular weight is 459 g/mol. The largest absolute Gasteiger partial charge is 0.472 e. The molecule has 2 aromatic carbocycles. The van der Waals surface area contributed by atoms with Gasteiger partial charge in [-0.15, -0.1) is 0 Å². The van der Waals surface area contributed by atoms with Crippen LogP contribution >= 0.6 is 0 Å². The molecule has 0 spiro atoms. The second kappa shape index (κ2) is 9.55. The summed E-state index contributed by atoms with van der Waals surface area (Å²) in [6.45, 7) is 9.74. The van der Waals surface area contributed by atoms with E-state index in [9.17, 15) is 9.18 Å². The lowest BCUT2D eigenvalue weighted by molar-refractivity contribution is 0.289. The van der Waals surface area contributed by atoms with Crippen LogP contribution in [0.3, 0.4) is 0 Å². The molecule has 0 atom stereocenters. The van der Waals surface area contributed by atoms with E-state index in [1.54, 1.807) is 30.5 Å². The molecule has 7 heteroatoms. The molecular weight excluding hydrogens is 431 g/mol. The minimum absolute atomic E-state index is 0.192. The molecule has 4 aromatic rings. The molecule has 6 nitrogen and oxygen atoms in total. The molecule has 2 heterocycles. The van der Waals surface area contributed by atoms with Gasteiger partial charge in [0.15, 0.2) is 0 Å². The molecular formula is C27H27FN4O2. The Kier molecular flexibility index (Phi) is 6.54. The van der Waals surface area contributed by atoms with Gasteiger partial charge in [0, 0.05) is 17.7 Å². The summed E-state index contributed by atoms with van der Waals surface area (Å²) in [5.41, 5.74) is 4.39. The van der Waals surface area contributed by atoms with Gasteiger partial charge in [-0.05, 0) is 56.2 Å². The highest BCUT2D eigenvalue weighted by molar-refractivity contribution is 5.65. The Bertz CT molecular complexity index is 1400. The van der Waals surface area contributed by atoms with Crippen LogP contribution in [0.4, 0.5) is 4.39 Å². The lowest BCUT2D eigenvalue weighted by Gasteiger charge is -2.15. The van der Waals surface area contributed by atoms with Gasteiger partial charge in [-0.25, -0.2) is 14.4 Å². The van der Waals surface area contributed by atoms with E-state index < -0.39 is 0 Å². The summed E-state index contributed by atoms with van der Waals surface area (Å²) in [5.74, 6) is 1.45. The minimum atomic E-state index is -0.309. The van der Waals surface area contributed by atoms with E-state index in [-0.39, 0.29) is 29.8 Å². The van der Waals surface area contributed by atoms with Crippen molar-refractivity contribution in [1.29, 1.82) is 0 Å². The maximum absolute atomic E-state index is 13.3. The van der Waals surface area contributed by atoms with Gasteiger partial charge < -0.3 is 4.74 Å². The number of halogens is 1. The van der Waals surface area contributed by atoms with Crippen molar-refractivity contribution in [3.63, 3.8) is 0 Å². The third kappa shape index (κ3) is 4.73. The van der Waals surface area contributed by atoms with E-state index in [0.29, 0.717) is 17.1 Å². The number of hydrogen-bond donors (Lipinski definition) is 0. The fourth-order valence-corrected chi connectivity index (χ4v) is 3.68. The van der Waals surface area contributed by atoms with Gasteiger partial charge >= 0.3 is 0 Å². The number of benzene rings is 2. The monoisotopic (exact) mass is 458 g/mol. The molecule has 0 radical (unpaired) electrons. The molecule has 0 saturated carbocycles. The highest BCUT2D eigenvalue weighted by Gasteiger charge is 2.16. The Hall–Kier alpha value is -3.87. The third-order valence-corrected chi connectivity index (χ3v) is 5.60. The number of hydrogen-bond acceptors (Lipinski definition) is 5. The van der Waals surface area contributed by atoms with Crippen LogP contribution in [0.2, 0.25) is 0 Å². The van der Waals surface area contributed by atoms with Crippen molar-refractivity contribution in [2.45, 2.75) is 47.1 Å². The molecule has 0 bridgehead atoms. The summed E-state index contributed by atoms with van der Waals surface area (Å²) >= 11 is 0. The van der Waals surface area contributed by atoms with Crippen molar-refractivity contribution in [1.82, 2.24) is 19.5 Å². The third-order valence-electron chi connectivity index (χ3n) is 5.60. The number of ether oxygens (including phenoxy) is 1. The fourth-order valence-electron chi connectivity index (χ4n) is 3.68. The van der Waals surface area contributed by atoms with Gasteiger partial charge in [0.2, 0.25) is 5.88 Å². The molecule has 4 rings (SSSR count). The minimum Gasteiger partial charge on any atom is -0.472 e. The Balaban J connectivity index is 1.69. The molecule has 0 aliphatic heterocycles. The van der Waals surface area contributed by atoms with Gasteiger partial charge in [-0.2, -0.15) is 4.98 Å². The average Bonchev–Trinajstić information content (AvgIpc) is 2.82. The Morgan fingerprint density at radius 2 is 1.76 bits per heavy atom. The molecule has 0 unspecified atom stereocenters. The summed E-state index contributed by atoms with van der Waals surface area (Å²) in [6.07, 6.45) is 1.83. The van der Waals surface area contributed by atoms with E-state index >= 15 is 0 Å². The highest BCUT2D eigenvalue weighted by atomic mass is 19.1. The van der Waals surface area contributed by atoms with Crippen LogP contribution in [0, 0.1) is 26.6 Å². The first-order valence-corrected chi connectivity index (χ1v) is 11.2. The number of aromatic nitrogens is 4. The SMILES string of the molecule is Cc1cnc(C(C)C)nc1-c1cccc(-n2c(C)nc(OCc3ccc(F)cc3)c(C)c2=O)c1.